The van der Waals surface area contributed by atoms with E-state index in [1.54, 1.807) is 0 Å². The number of halogens is 1. The van der Waals surface area contributed by atoms with Crippen molar-refractivity contribution in [3.05, 3.63) is 0 Å². The smallest absolute Gasteiger partial charge is 0.110 e. The van der Waals surface area contributed by atoms with Crippen molar-refractivity contribution >= 4 is 12.4 Å². The third-order valence-electron chi connectivity index (χ3n) is 1.58. The van der Waals surface area contributed by atoms with Gasteiger partial charge in [0.1, 0.15) is 12.2 Å². The van der Waals surface area contributed by atoms with Crippen molar-refractivity contribution in [1.29, 1.82) is 0 Å². The fraction of sp³-hybridized carbons (Fsp3) is 1.00. The SMILES string of the molecule is Cl.N[C@H](CO)[C@H](O)[C@@H](O)[C@@H](O)CO. The molecule has 0 aromatic carbocycles. The van der Waals surface area contributed by atoms with Crippen LogP contribution < -0.4 is 5.73 Å². The molecular formula is C6H16ClNO5. The van der Waals surface area contributed by atoms with Gasteiger partial charge in [-0.3, -0.25) is 0 Å². The van der Waals surface area contributed by atoms with E-state index in [9.17, 15) is 0 Å². The van der Waals surface area contributed by atoms with E-state index in [0.29, 0.717) is 0 Å². The first kappa shape index (κ1) is 15.5. The van der Waals surface area contributed by atoms with Crippen LogP contribution in [0.1, 0.15) is 0 Å². The normalized spacial score (nSPS) is 19.8. The van der Waals surface area contributed by atoms with Gasteiger partial charge in [-0.15, -0.1) is 12.4 Å². The standard InChI is InChI=1S/C6H15NO5.ClH/c7-3(1-8)5(11)6(12)4(10)2-9;/h3-6,8-12H,1-2,7H2;1H/t3-,4+,5+,6+;/m1./s1. The van der Waals surface area contributed by atoms with E-state index in [2.05, 4.69) is 0 Å². The number of hydrogen-bond acceptors (Lipinski definition) is 6. The van der Waals surface area contributed by atoms with Crippen LogP contribution in [0.25, 0.3) is 0 Å². The van der Waals surface area contributed by atoms with Gasteiger partial charge < -0.3 is 31.3 Å². The fourth-order valence-electron chi connectivity index (χ4n) is 0.697. The average molecular weight is 218 g/mol. The topological polar surface area (TPSA) is 127 Å². The van der Waals surface area contributed by atoms with Gasteiger partial charge in [0.25, 0.3) is 0 Å². The number of aliphatic hydroxyl groups excluding tert-OH is 5. The van der Waals surface area contributed by atoms with E-state index < -0.39 is 37.6 Å². The lowest BCUT2D eigenvalue weighted by Crippen LogP contribution is -2.50. The Labute approximate surface area is 82.0 Å². The maximum Gasteiger partial charge on any atom is 0.110 e. The van der Waals surface area contributed by atoms with E-state index in [4.69, 9.17) is 31.3 Å². The molecule has 0 aromatic rings. The molecule has 0 saturated heterocycles. The molecule has 0 unspecified atom stereocenters. The second kappa shape index (κ2) is 7.45. The van der Waals surface area contributed by atoms with Gasteiger partial charge in [-0.05, 0) is 0 Å². The van der Waals surface area contributed by atoms with Gasteiger partial charge >= 0.3 is 0 Å². The van der Waals surface area contributed by atoms with Crippen molar-refractivity contribution in [1.82, 2.24) is 0 Å². The third kappa shape index (κ3) is 4.72. The minimum atomic E-state index is -1.54. The maximum absolute atomic E-state index is 9.08. The quantitative estimate of drug-likeness (QED) is 0.288. The summed E-state index contributed by atoms with van der Waals surface area (Å²) >= 11 is 0. The minimum Gasteiger partial charge on any atom is -0.395 e. The van der Waals surface area contributed by atoms with Crippen molar-refractivity contribution < 1.29 is 25.5 Å². The number of rotatable bonds is 5. The second-order valence-corrected chi connectivity index (χ2v) is 2.58. The van der Waals surface area contributed by atoms with Crippen LogP contribution in [0.3, 0.4) is 0 Å². The molecule has 82 valence electrons. The van der Waals surface area contributed by atoms with Gasteiger partial charge in [-0.2, -0.15) is 0 Å². The van der Waals surface area contributed by atoms with E-state index in [1.807, 2.05) is 0 Å². The van der Waals surface area contributed by atoms with E-state index >= 15 is 0 Å². The molecule has 0 amide bonds. The van der Waals surface area contributed by atoms with Crippen LogP contribution in [-0.4, -0.2) is 63.1 Å². The summed E-state index contributed by atoms with van der Waals surface area (Å²) in [7, 11) is 0. The van der Waals surface area contributed by atoms with E-state index in [1.165, 1.54) is 0 Å². The molecule has 0 bridgehead atoms. The maximum atomic E-state index is 9.08. The molecule has 0 aromatic heterocycles. The zero-order valence-electron chi connectivity index (χ0n) is 6.95. The zero-order valence-corrected chi connectivity index (χ0v) is 7.76. The Morgan fingerprint density at radius 2 is 1.38 bits per heavy atom. The Kier molecular flexibility index (Phi) is 8.90. The molecule has 0 radical (unpaired) electrons. The summed E-state index contributed by atoms with van der Waals surface area (Å²) < 4.78 is 0. The van der Waals surface area contributed by atoms with Gasteiger partial charge in [0.05, 0.1) is 25.4 Å². The lowest BCUT2D eigenvalue weighted by atomic mass is 10.0. The Morgan fingerprint density at radius 3 is 1.69 bits per heavy atom. The molecule has 4 atom stereocenters. The van der Waals surface area contributed by atoms with Crippen LogP contribution in [-0.2, 0) is 0 Å². The molecule has 0 spiro atoms. The molecule has 0 aliphatic heterocycles. The Morgan fingerprint density at radius 1 is 0.923 bits per heavy atom. The van der Waals surface area contributed by atoms with Crippen LogP contribution >= 0.6 is 12.4 Å². The van der Waals surface area contributed by atoms with Gasteiger partial charge in [0.2, 0.25) is 0 Å². The van der Waals surface area contributed by atoms with Crippen LogP contribution in [0, 0.1) is 0 Å². The first-order chi connectivity index (χ1) is 5.54. The summed E-state index contributed by atoms with van der Waals surface area (Å²) in [6.45, 7) is -1.17. The molecule has 7 heteroatoms. The molecule has 0 aliphatic carbocycles. The molecule has 0 heterocycles. The molecule has 0 aliphatic rings. The summed E-state index contributed by atoms with van der Waals surface area (Å²) in [4.78, 5) is 0. The number of hydrogen-bond donors (Lipinski definition) is 6. The van der Waals surface area contributed by atoms with Crippen LogP contribution in [0.2, 0.25) is 0 Å². The van der Waals surface area contributed by atoms with Crippen molar-refractivity contribution in [3.63, 3.8) is 0 Å². The van der Waals surface area contributed by atoms with Gasteiger partial charge in [-0.1, -0.05) is 0 Å². The fourth-order valence-corrected chi connectivity index (χ4v) is 0.697. The van der Waals surface area contributed by atoms with Gasteiger partial charge in [-0.25, -0.2) is 0 Å². The Hall–Kier alpha value is 0.0500. The van der Waals surface area contributed by atoms with Crippen LogP contribution in [0.15, 0.2) is 0 Å². The average Bonchev–Trinajstić information content (AvgIpc) is 2.12. The first-order valence-corrected chi connectivity index (χ1v) is 3.56. The summed E-state index contributed by atoms with van der Waals surface area (Å²) in [5.74, 6) is 0. The molecular weight excluding hydrogens is 202 g/mol. The van der Waals surface area contributed by atoms with E-state index in [-0.39, 0.29) is 12.4 Å². The lowest BCUT2D eigenvalue weighted by Gasteiger charge is -2.24. The summed E-state index contributed by atoms with van der Waals surface area (Å²) in [5.41, 5.74) is 5.16. The highest BCUT2D eigenvalue weighted by Gasteiger charge is 2.28. The van der Waals surface area contributed by atoms with Crippen molar-refractivity contribution in [3.8, 4) is 0 Å². The van der Waals surface area contributed by atoms with Crippen LogP contribution in [0.4, 0.5) is 0 Å². The summed E-state index contributed by atoms with van der Waals surface area (Å²) in [6, 6.07) is -1.03. The largest absolute Gasteiger partial charge is 0.395 e. The second-order valence-electron chi connectivity index (χ2n) is 2.58. The molecule has 0 saturated carbocycles. The number of aliphatic hydroxyl groups is 5. The molecule has 6 nitrogen and oxygen atoms in total. The zero-order chi connectivity index (χ0) is 9.72. The highest BCUT2D eigenvalue weighted by molar-refractivity contribution is 5.85. The Balaban J connectivity index is 0. The molecule has 7 N–H and O–H groups in total. The predicted octanol–water partition coefficient (Wildman–Crippen LogP) is -3.20. The highest BCUT2D eigenvalue weighted by atomic mass is 35.5. The van der Waals surface area contributed by atoms with Crippen molar-refractivity contribution in [2.24, 2.45) is 5.73 Å². The monoisotopic (exact) mass is 217 g/mol. The van der Waals surface area contributed by atoms with Crippen LogP contribution in [0.5, 0.6) is 0 Å². The lowest BCUT2D eigenvalue weighted by molar-refractivity contribution is -0.0873. The van der Waals surface area contributed by atoms with E-state index in [0.717, 1.165) is 0 Å². The molecule has 13 heavy (non-hydrogen) atoms. The predicted molar refractivity (Wildman–Crippen MR) is 47.4 cm³/mol. The van der Waals surface area contributed by atoms with Gasteiger partial charge in [0, 0.05) is 0 Å². The minimum absolute atomic E-state index is 0. The van der Waals surface area contributed by atoms with Crippen molar-refractivity contribution in [2.45, 2.75) is 24.4 Å². The molecule has 0 rings (SSSR count). The van der Waals surface area contributed by atoms with Gasteiger partial charge in [0.15, 0.2) is 0 Å². The summed E-state index contributed by atoms with van der Waals surface area (Å²) in [6.07, 6.45) is -4.44. The number of nitrogens with two attached hydrogens (primary N) is 1. The first-order valence-electron chi connectivity index (χ1n) is 3.56. The summed E-state index contributed by atoms with van der Waals surface area (Å²) in [5, 5.41) is 43.8. The third-order valence-corrected chi connectivity index (χ3v) is 1.58. The van der Waals surface area contributed by atoms with Crippen molar-refractivity contribution in [2.75, 3.05) is 13.2 Å². The Bertz CT molecular complexity index is 114. The molecule has 0 fully saturated rings. The highest BCUT2D eigenvalue weighted by Crippen LogP contribution is 2.02.